The Morgan fingerprint density at radius 2 is 1.87 bits per heavy atom. The first kappa shape index (κ1) is 11.6. The molecule has 15 heavy (non-hydrogen) atoms. The van der Waals surface area contributed by atoms with Crippen molar-refractivity contribution in [1.29, 1.82) is 0 Å². The summed E-state index contributed by atoms with van der Waals surface area (Å²) in [4.78, 5) is 0. The highest BCUT2D eigenvalue weighted by Crippen LogP contribution is 2.32. The van der Waals surface area contributed by atoms with Gasteiger partial charge in [-0.25, -0.2) is 0 Å². The quantitative estimate of drug-likeness (QED) is 0.795. The van der Waals surface area contributed by atoms with Gasteiger partial charge in [0, 0.05) is 11.6 Å². The molecule has 0 saturated heterocycles. The average Bonchev–Trinajstić information content (AvgIpc) is 2.18. The molecule has 0 atom stereocenters. The van der Waals surface area contributed by atoms with E-state index in [1.54, 1.807) is 0 Å². The molecule has 0 bridgehead atoms. The van der Waals surface area contributed by atoms with Gasteiger partial charge in [-0.15, -0.1) is 0 Å². The van der Waals surface area contributed by atoms with Crippen LogP contribution in [0.4, 0.5) is 0 Å². The molecule has 1 aromatic carbocycles. The van der Waals surface area contributed by atoms with E-state index in [0.29, 0.717) is 0 Å². The lowest BCUT2D eigenvalue weighted by Crippen LogP contribution is -1.87. The van der Waals surface area contributed by atoms with Crippen LogP contribution in [0.25, 0.3) is 5.57 Å². The van der Waals surface area contributed by atoms with E-state index in [0.717, 1.165) is 29.5 Å². The highest BCUT2D eigenvalue weighted by molar-refractivity contribution is 5.70. The van der Waals surface area contributed by atoms with Gasteiger partial charge in [-0.05, 0) is 37.0 Å². The fourth-order valence-electron chi connectivity index (χ4n) is 1.64. The van der Waals surface area contributed by atoms with Crippen molar-refractivity contribution >= 4 is 5.57 Å². The summed E-state index contributed by atoms with van der Waals surface area (Å²) in [6.07, 6.45) is 3.76. The first-order valence-electron chi connectivity index (χ1n) is 5.32. The molecule has 0 heterocycles. The number of aryl methyl sites for hydroxylation is 1. The second-order valence-electron chi connectivity index (χ2n) is 3.65. The Bertz CT molecular complexity index is 378. The third-order valence-electron chi connectivity index (χ3n) is 2.51. The zero-order chi connectivity index (χ0) is 11.4. The highest BCUT2D eigenvalue weighted by Gasteiger charge is 2.08. The standard InChI is InChI=1S/C13H18O2/c1-4-6-9(3)11-7-10(5-2)12(14)8-13(11)15/h6-8,14-15H,4-5H2,1-3H3. The van der Waals surface area contributed by atoms with Crippen molar-refractivity contribution in [3.8, 4) is 11.5 Å². The maximum atomic E-state index is 9.71. The number of aromatic hydroxyl groups is 2. The fourth-order valence-corrected chi connectivity index (χ4v) is 1.64. The Kier molecular flexibility index (Phi) is 3.78. The van der Waals surface area contributed by atoms with E-state index >= 15 is 0 Å². The Labute approximate surface area is 90.9 Å². The van der Waals surface area contributed by atoms with Crippen LogP contribution in [-0.4, -0.2) is 10.2 Å². The van der Waals surface area contributed by atoms with Crippen molar-refractivity contribution in [3.05, 3.63) is 29.3 Å². The van der Waals surface area contributed by atoms with Crippen molar-refractivity contribution in [2.45, 2.75) is 33.6 Å². The van der Waals surface area contributed by atoms with Crippen LogP contribution in [0.2, 0.25) is 0 Å². The summed E-state index contributed by atoms with van der Waals surface area (Å²) in [5, 5.41) is 19.3. The van der Waals surface area contributed by atoms with E-state index in [2.05, 4.69) is 13.0 Å². The Morgan fingerprint density at radius 1 is 1.20 bits per heavy atom. The molecule has 2 N–H and O–H groups in total. The van der Waals surface area contributed by atoms with Crippen molar-refractivity contribution in [2.75, 3.05) is 0 Å². The van der Waals surface area contributed by atoms with Crippen LogP contribution >= 0.6 is 0 Å². The smallest absolute Gasteiger partial charge is 0.126 e. The lowest BCUT2D eigenvalue weighted by Gasteiger charge is -2.09. The number of phenolic OH excluding ortho intramolecular Hbond substituents is 2. The van der Waals surface area contributed by atoms with Gasteiger partial charge < -0.3 is 10.2 Å². The van der Waals surface area contributed by atoms with E-state index < -0.39 is 0 Å². The third-order valence-corrected chi connectivity index (χ3v) is 2.51. The third kappa shape index (κ3) is 2.52. The summed E-state index contributed by atoms with van der Waals surface area (Å²) in [5.41, 5.74) is 2.72. The predicted molar refractivity (Wildman–Crippen MR) is 63.1 cm³/mol. The van der Waals surface area contributed by atoms with Gasteiger partial charge in [0.1, 0.15) is 11.5 Å². The Hall–Kier alpha value is -1.44. The Morgan fingerprint density at radius 3 is 2.40 bits per heavy atom. The zero-order valence-corrected chi connectivity index (χ0v) is 9.54. The van der Waals surface area contributed by atoms with E-state index in [9.17, 15) is 10.2 Å². The summed E-state index contributed by atoms with van der Waals surface area (Å²) in [7, 11) is 0. The fraction of sp³-hybridized carbons (Fsp3) is 0.385. The van der Waals surface area contributed by atoms with E-state index in [1.165, 1.54) is 6.07 Å². The molecule has 0 aliphatic rings. The topological polar surface area (TPSA) is 40.5 Å². The summed E-state index contributed by atoms with van der Waals surface area (Å²) >= 11 is 0. The number of phenols is 2. The minimum Gasteiger partial charge on any atom is -0.508 e. The van der Waals surface area contributed by atoms with E-state index in [4.69, 9.17) is 0 Å². The van der Waals surface area contributed by atoms with Gasteiger partial charge in [-0.3, -0.25) is 0 Å². The van der Waals surface area contributed by atoms with Gasteiger partial charge in [0.2, 0.25) is 0 Å². The molecule has 82 valence electrons. The molecule has 0 saturated carbocycles. The predicted octanol–water partition coefficient (Wildman–Crippen LogP) is 3.47. The average molecular weight is 206 g/mol. The van der Waals surface area contributed by atoms with Crippen LogP contribution in [0.15, 0.2) is 18.2 Å². The van der Waals surface area contributed by atoms with Gasteiger partial charge in [0.15, 0.2) is 0 Å². The molecule has 0 aliphatic carbocycles. The van der Waals surface area contributed by atoms with Crippen molar-refractivity contribution in [1.82, 2.24) is 0 Å². The monoisotopic (exact) mass is 206 g/mol. The van der Waals surface area contributed by atoms with Crippen molar-refractivity contribution in [2.24, 2.45) is 0 Å². The van der Waals surface area contributed by atoms with Crippen molar-refractivity contribution in [3.63, 3.8) is 0 Å². The van der Waals surface area contributed by atoms with Crippen molar-refractivity contribution < 1.29 is 10.2 Å². The molecule has 2 nitrogen and oxygen atoms in total. The lowest BCUT2D eigenvalue weighted by atomic mass is 10.0. The van der Waals surface area contributed by atoms with E-state index in [-0.39, 0.29) is 11.5 Å². The molecule has 1 aromatic rings. The summed E-state index contributed by atoms with van der Waals surface area (Å²) in [6.45, 7) is 6.01. The zero-order valence-electron chi connectivity index (χ0n) is 9.54. The molecule has 0 fully saturated rings. The molecule has 0 spiro atoms. The molecule has 0 amide bonds. The Balaban J connectivity index is 3.24. The van der Waals surface area contributed by atoms with Crippen LogP contribution in [0.3, 0.4) is 0 Å². The van der Waals surface area contributed by atoms with E-state index in [1.807, 2.05) is 19.9 Å². The molecule has 0 radical (unpaired) electrons. The molecule has 1 rings (SSSR count). The first-order chi connectivity index (χ1) is 7.10. The minimum absolute atomic E-state index is 0.145. The molecular weight excluding hydrogens is 188 g/mol. The van der Waals surface area contributed by atoms with Crippen LogP contribution in [0, 0.1) is 0 Å². The highest BCUT2D eigenvalue weighted by atomic mass is 16.3. The van der Waals surface area contributed by atoms with Crippen LogP contribution < -0.4 is 0 Å². The molecule has 0 unspecified atom stereocenters. The van der Waals surface area contributed by atoms with Gasteiger partial charge in [-0.2, -0.15) is 0 Å². The number of allylic oxidation sites excluding steroid dienone is 2. The number of hydrogen-bond acceptors (Lipinski definition) is 2. The normalized spacial score (nSPS) is 11.8. The second-order valence-corrected chi connectivity index (χ2v) is 3.65. The largest absolute Gasteiger partial charge is 0.508 e. The van der Waals surface area contributed by atoms with Crippen LogP contribution in [0.5, 0.6) is 11.5 Å². The lowest BCUT2D eigenvalue weighted by molar-refractivity contribution is 0.445. The first-order valence-corrected chi connectivity index (χ1v) is 5.32. The maximum absolute atomic E-state index is 9.71. The number of hydrogen-bond donors (Lipinski definition) is 2. The maximum Gasteiger partial charge on any atom is 0.126 e. The molecule has 0 aliphatic heterocycles. The van der Waals surface area contributed by atoms with Gasteiger partial charge in [0.05, 0.1) is 0 Å². The SMILES string of the molecule is CCC=C(C)c1cc(CC)c(O)cc1O. The summed E-state index contributed by atoms with van der Waals surface area (Å²) < 4.78 is 0. The molecule has 0 aromatic heterocycles. The minimum atomic E-state index is 0.145. The van der Waals surface area contributed by atoms with Gasteiger partial charge in [0.25, 0.3) is 0 Å². The second kappa shape index (κ2) is 4.87. The van der Waals surface area contributed by atoms with Gasteiger partial charge in [-0.1, -0.05) is 19.9 Å². The van der Waals surface area contributed by atoms with Crippen LogP contribution in [-0.2, 0) is 6.42 Å². The number of rotatable bonds is 3. The summed E-state index contributed by atoms with van der Waals surface area (Å²) in [5.74, 6) is 0.315. The molecule has 2 heteroatoms. The van der Waals surface area contributed by atoms with Gasteiger partial charge >= 0.3 is 0 Å². The summed E-state index contributed by atoms with van der Waals surface area (Å²) in [6, 6.07) is 3.27. The number of benzene rings is 1. The van der Waals surface area contributed by atoms with Crippen LogP contribution in [0.1, 0.15) is 38.3 Å². The molecular formula is C13H18O2.